The molecule has 1 heterocycles. The topological polar surface area (TPSA) is 59.0 Å². The normalized spacial score (nSPS) is 10.3. The summed E-state index contributed by atoms with van der Waals surface area (Å²) in [6, 6.07) is 5.62. The number of hydrogen-bond acceptors (Lipinski definition) is 3. The lowest BCUT2D eigenvalue weighted by Crippen LogP contribution is -2.18. The van der Waals surface area contributed by atoms with E-state index in [1.165, 1.54) is 0 Å². The highest BCUT2D eigenvalue weighted by molar-refractivity contribution is 5.94. The summed E-state index contributed by atoms with van der Waals surface area (Å²) in [7, 11) is 3.60. The van der Waals surface area contributed by atoms with Crippen LogP contribution < -0.4 is 10.6 Å². The Kier molecular flexibility index (Phi) is 3.85. The molecule has 0 atom stereocenters. The van der Waals surface area contributed by atoms with Gasteiger partial charge in [0, 0.05) is 31.5 Å². The molecule has 0 aliphatic heterocycles. The summed E-state index contributed by atoms with van der Waals surface area (Å²) in [5.74, 6) is -0.0683. The van der Waals surface area contributed by atoms with Gasteiger partial charge in [-0.3, -0.25) is 4.79 Å². The van der Waals surface area contributed by atoms with Gasteiger partial charge in [0.2, 0.25) is 0 Å². The Balaban J connectivity index is 2.09. The molecule has 0 bridgehead atoms. The molecule has 0 aliphatic rings. The molecule has 0 spiro atoms. The number of benzene rings is 1. The van der Waals surface area contributed by atoms with Crippen molar-refractivity contribution < 1.29 is 4.79 Å². The molecule has 19 heavy (non-hydrogen) atoms. The molecule has 1 aromatic heterocycles. The minimum atomic E-state index is -0.0683. The molecule has 5 heteroatoms. The lowest BCUT2D eigenvalue weighted by molar-refractivity contribution is 0.0963. The van der Waals surface area contributed by atoms with E-state index in [9.17, 15) is 4.79 Å². The summed E-state index contributed by atoms with van der Waals surface area (Å²) in [6.07, 6.45) is 3.61. The second-order valence-electron chi connectivity index (χ2n) is 4.46. The number of nitrogens with zero attached hydrogens (tertiary/aromatic N) is 2. The number of aromatic nitrogens is 2. The number of hydrogen-bond donors (Lipinski definition) is 2. The fraction of sp³-hybridized carbons (Fsp3) is 0.286. The van der Waals surface area contributed by atoms with Crippen LogP contribution >= 0.6 is 0 Å². The molecule has 0 unspecified atom stereocenters. The number of imidazole rings is 1. The van der Waals surface area contributed by atoms with Crippen LogP contribution in [0.3, 0.4) is 0 Å². The molecule has 5 nitrogen and oxygen atoms in total. The summed E-state index contributed by atoms with van der Waals surface area (Å²) in [5, 5.41) is 5.97. The zero-order valence-electron chi connectivity index (χ0n) is 11.4. The van der Waals surface area contributed by atoms with Crippen LogP contribution in [0, 0.1) is 6.92 Å². The molecule has 0 saturated carbocycles. The predicted octanol–water partition coefficient (Wildman–Crippen LogP) is 1.70. The average Bonchev–Trinajstić information content (AvgIpc) is 2.82. The van der Waals surface area contributed by atoms with Gasteiger partial charge in [0.05, 0.1) is 18.6 Å². The molecule has 0 fully saturated rings. The third-order valence-electron chi connectivity index (χ3n) is 3.09. The molecule has 2 N–H and O–H groups in total. The smallest absolute Gasteiger partial charge is 0.251 e. The van der Waals surface area contributed by atoms with Crippen molar-refractivity contribution in [1.82, 2.24) is 14.9 Å². The summed E-state index contributed by atoms with van der Waals surface area (Å²) >= 11 is 0. The van der Waals surface area contributed by atoms with Crippen molar-refractivity contribution in [2.24, 2.45) is 7.05 Å². The van der Waals surface area contributed by atoms with Crippen molar-refractivity contribution in [2.45, 2.75) is 13.5 Å². The molecule has 2 aromatic rings. The van der Waals surface area contributed by atoms with Gasteiger partial charge in [-0.2, -0.15) is 0 Å². The van der Waals surface area contributed by atoms with Crippen LogP contribution in [-0.4, -0.2) is 22.5 Å². The highest BCUT2D eigenvalue weighted by Gasteiger charge is 2.06. The van der Waals surface area contributed by atoms with E-state index in [0.717, 1.165) is 16.9 Å². The average molecular weight is 258 g/mol. The fourth-order valence-electron chi connectivity index (χ4n) is 1.89. The predicted molar refractivity (Wildman–Crippen MR) is 75.1 cm³/mol. The zero-order chi connectivity index (χ0) is 13.8. The van der Waals surface area contributed by atoms with Crippen LogP contribution in [0.25, 0.3) is 0 Å². The minimum Gasteiger partial charge on any atom is -0.379 e. The SMILES string of the molecule is CNC(=O)c1ccc(NCc2cncn2C)c(C)c1. The molecule has 100 valence electrons. The van der Waals surface area contributed by atoms with Crippen LogP contribution in [0.1, 0.15) is 21.6 Å². The van der Waals surface area contributed by atoms with Gasteiger partial charge in [0.1, 0.15) is 0 Å². The minimum absolute atomic E-state index is 0.0683. The summed E-state index contributed by atoms with van der Waals surface area (Å²) in [4.78, 5) is 15.6. The maximum atomic E-state index is 11.5. The van der Waals surface area contributed by atoms with Crippen LogP contribution in [-0.2, 0) is 13.6 Å². The van der Waals surface area contributed by atoms with E-state index in [-0.39, 0.29) is 5.91 Å². The maximum absolute atomic E-state index is 11.5. The van der Waals surface area contributed by atoms with E-state index < -0.39 is 0 Å². The van der Waals surface area contributed by atoms with Crippen LogP contribution in [0.15, 0.2) is 30.7 Å². The third-order valence-corrected chi connectivity index (χ3v) is 3.09. The van der Waals surface area contributed by atoms with Crippen molar-refractivity contribution in [1.29, 1.82) is 0 Å². The Morgan fingerprint density at radius 2 is 2.21 bits per heavy atom. The monoisotopic (exact) mass is 258 g/mol. The van der Waals surface area contributed by atoms with E-state index in [4.69, 9.17) is 0 Å². The van der Waals surface area contributed by atoms with Gasteiger partial charge in [-0.15, -0.1) is 0 Å². The number of rotatable bonds is 4. The largest absolute Gasteiger partial charge is 0.379 e. The van der Waals surface area contributed by atoms with E-state index in [2.05, 4.69) is 15.6 Å². The molecule has 0 saturated heterocycles. The van der Waals surface area contributed by atoms with Gasteiger partial charge < -0.3 is 15.2 Å². The van der Waals surface area contributed by atoms with Gasteiger partial charge in [0.25, 0.3) is 5.91 Å². The first-order valence-electron chi connectivity index (χ1n) is 6.13. The number of nitrogens with one attached hydrogen (secondary N) is 2. The first-order valence-corrected chi connectivity index (χ1v) is 6.13. The second kappa shape index (κ2) is 5.56. The summed E-state index contributed by atoms with van der Waals surface area (Å²) in [5.41, 5.74) is 3.85. The number of anilines is 1. The molecular formula is C14H18N4O. The van der Waals surface area contributed by atoms with E-state index >= 15 is 0 Å². The Labute approximate surface area is 112 Å². The molecule has 1 aromatic carbocycles. The van der Waals surface area contributed by atoms with Crippen molar-refractivity contribution >= 4 is 11.6 Å². The molecule has 1 amide bonds. The quantitative estimate of drug-likeness (QED) is 0.877. The summed E-state index contributed by atoms with van der Waals surface area (Å²) in [6.45, 7) is 2.69. The lowest BCUT2D eigenvalue weighted by atomic mass is 10.1. The van der Waals surface area contributed by atoms with Crippen LogP contribution in [0.5, 0.6) is 0 Å². The number of carbonyl (C=O) groups is 1. The Morgan fingerprint density at radius 3 is 2.79 bits per heavy atom. The molecule has 0 radical (unpaired) electrons. The highest BCUT2D eigenvalue weighted by atomic mass is 16.1. The standard InChI is InChI=1S/C14H18N4O/c1-10-6-11(14(19)15-2)4-5-13(10)17-8-12-7-16-9-18(12)3/h4-7,9,17H,8H2,1-3H3,(H,15,19). The van der Waals surface area contributed by atoms with Gasteiger partial charge in [-0.25, -0.2) is 4.98 Å². The molecule has 0 aliphatic carbocycles. The van der Waals surface area contributed by atoms with E-state index in [0.29, 0.717) is 12.1 Å². The van der Waals surface area contributed by atoms with Crippen molar-refractivity contribution in [3.8, 4) is 0 Å². The van der Waals surface area contributed by atoms with E-state index in [1.807, 2.05) is 42.9 Å². The molecular weight excluding hydrogens is 240 g/mol. The Hall–Kier alpha value is -2.30. The highest BCUT2D eigenvalue weighted by Crippen LogP contribution is 2.17. The fourth-order valence-corrected chi connectivity index (χ4v) is 1.89. The zero-order valence-corrected chi connectivity index (χ0v) is 11.4. The van der Waals surface area contributed by atoms with Crippen LogP contribution in [0.2, 0.25) is 0 Å². The first-order chi connectivity index (χ1) is 9.11. The number of amides is 1. The van der Waals surface area contributed by atoms with Crippen molar-refractivity contribution in [2.75, 3.05) is 12.4 Å². The Bertz CT molecular complexity index is 589. The second-order valence-corrected chi connectivity index (χ2v) is 4.46. The first kappa shape index (κ1) is 13.1. The van der Waals surface area contributed by atoms with Gasteiger partial charge in [0.15, 0.2) is 0 Å². The van der Waals surface area contributed by atoms with Gasteiger partial charge in [-0.1, -0.05) is 0 Å². The van der Waals surface area contributed by atoms with Crippen LogP contribution in [0.4, 0.5) is 5.69 Å². The number of carbonyl (C=O) groups excluding carboxylic acids is 1. The van der Waals surface area contributed by atoms with Gasteiger partial charge >= 0.3 is 0 Å². The van der Waals surface area contributed by atoms with E-state index in [1.54, 1.807) is 13.4 Å². The van der Waals surface area contributed by atoms with Crippen molar-refractivity contribution in [3.05, 3.63) is 47.5 Å². The third kappa shape index (κ3) is 2.93. The van der Waals surface area contributed by atoms with Crippen molar-refractivity contribution in [3.63, 3.8) is 0 Å². The van der Waals surface area contributed by atoms with Gasteiger partial charge in [-0.05, 0) is 30.7 Å². The lowest BCUT2D eigenvalue weighted by Gasteiger charge is -2.11. The molecule has 2 rings (SSSR count). The number of aryl methyl sites for hydroxylation is 2. The Morgan fingerprint density at radius 1 is 1.42 bits per heavy atom. The summed E-state index contributed by atoms with van der Waals surface area (Å²) < 4.78 is 1.97. The maximum Gasteiger partial charge on any atom is 0.251 e.